The molecule has 1 fully saturated rings. The van der Waals surface area contributed by atoms with Gasteiger partial charge in [-0.1, -0.05) is 61.6 Å². The van der Waals surface area contributed by atoms with Gasteiger partial charge in [0.05, 0.1) is 6.04 Å². The zero-order valence-corrected chi connectivity index (χ0v) is 14.8. The molecule has 0 radical (unpaired) electrons. The van der Waals surface area contributed by atoms with Gasteiger partial charge < -0.3 is 5.11 Å². The molecule has 1 saturated heterocycles. The van der Waals surface area contributed by atoms with Gasteiger partial charge in [-0.05, 0) is 61.7 Å². The topological polar surface area (TPSA) is 23.5 Å². The number of benzene rings is 2. The predicted octanol–water partition coefficient (Wildman–Crippen LogP) is 4.32. The van der Waals surface area contributed by atoms with Crippen molar-refractivity contribution in [2.45, 2.75) is 51.2 Å². The van der Waals surface area contributed by atoms with Crippen LogP contribution < -0.4 is 0 Å². The molecule has 2 aromatic rings. The molecular weight excluding hydrogens is 294 g/mol. The molecule has 0 bridgehead atoms. The fraction of sp³-hybridized carbons (Fsp3) is 0.455. The summed E-state index contributed by atoms with van der Waals surface area (Å²) in [5.41, 5.74) is -0.255. The van der Waals surface area contributed by atoms with Gasteiger partial charge in [-0.15, -0.1) is 0 Å². The number of rotatable bonds is 3. The van der Waals surface area contributed by atoms with Crippen molar-refractivity contribution in [3.05, 3.63) is 48.0 Å². The SMILES string of the molecule is CCC(C#CC(C)(O)c1ccc2ccccc2c1)N1CCCCC1. The van der Waals surface area contributed by atoms with Crippen LogP contribution in [0, 0.1) is 11.8 Å². The van der Waals surface area contributed by atoms with Crippen LogP contribution in [-0.2, 0) is 5.60 Å². The average molecular weight is 321 g/mol. The molecule has 0 saturated carbocycles. The first-order valence-corrected chi connectivity index (χ1v) is 9.08. The first-order chi connectivity index (χ1) is 11.6. The second kappa shape index (κ2) is 7.38. The van der Waals surface area contributed by atoms with Crippen molar-refractivity contribution in [1.29, 1.82) is 0 Å². The third-order valence-electron chi connectivity index (χ3n) is 5.01. The van der Waals surface area contributed by atoms with Gasteiger partial charge in [0.15, 0.2) is 0 Å². The van der Waals surface area contributed by atoms with Gasteiger partial charge in [-0.25, -0.2) is 0 Å². The Kier molecular flexibility index (Phi) is 5.23. The Balaban J connectivity index is 1.83. The van der Waals surface area contributed by atoms with E-state index >= 15 is 0 Å². The van der Waals surface area contributed by atoms with Gasteiger partial charge in [0.2, 0.25) is 0 Å². The molecule has 0 aliphatic carbocycles. The van der Waals surface area contributed by atoms with E-state index in [1.807, 2.05) is 24.3 Å². The highest BCUT2D eigenvalue weighted by Crippen LogP contribution is 2.25. The number of likely N-dealkylation sites (tertiary alicyclic amines) is 1. The third-order valence-corrected chi connectivity index (χ3v) is 5.01. The molecule has 24 heavy (non-hydrogen) atoms. The third kappa shape index (κ3) is 3.80. The Hall–Kier alpha value is -1.82. The van der Waals surface area contributed by atoms with Crippen molar-refractivity contribution in [2.24, 2.45) is 0 Å². The Labute approximate surface area is 145 Å². The maximum absolute atomic E-state index is 10.9. The number of hydrogen-bond donors (Lipinski definition) is 1. The van der Waals surface area contributed by atoms with E-state index in [1.165, 1.54) is 24.6 Å². The van der Waals surface area contributed by atoms with Crippen LogP contribution in [0.4, 0.5) is 0 Å². The largest absolute Gasteiger partial charge is 0.374 e. The van der Waals surface area contributed by atoms with Crippen LogP contribution in [0.15, 0.2) is 42.5 Å². The highest BCUT2D eigenvalue weighted by atomic mass is 16.3. The average Bonchev–Trinajstić information content (AvgIpc) is 2.62. The lowest BCUT2D eigenvalue weighted by Crippen LogP contribution is -2.38. The highest BCUT2D eigenvalue weighted by Gasteiger charge is 2.22. The van der Waals surface area contributed by atoms with Crippen molar-refractivity contribution in [3.8, 4) is 11.8 Å². The monoisotopic (exact) mass is 321 g/mol. The maximum Gasteiger partial charge on any atom is 0.148 e. The lowest BCUT2D eigenvalue weighted by atomic mass is 9.93. The molecule has 0 amide bonds. The van der Waals surface area contributed by atoms with Crippen LogP contribution in [0.1, 0.15) is 45.1 Å². The van der Waals surface area contributed by atoms with Gasteiger partial charge in [-0.3, -0.25) is 4.90 Å². The molecule has 1 heterocycles. The second-order valence-corrected chi connectivity index (χ2v) is 6.92. The minimum atomic E-state index is -1.12. The number of hydrogen-bond acceptors (Lipinski definition) is 2. The molecule has 2 aromatic carbocycles. The molecule has 2 atom stereocenters. The number of aliphatic hydroxyl groups is 1. The van der Waals surface area contributed by atoms with Crippen LogP contribution >= 0.6 is 0 Å². The van der Waals surface area contributed by atoms with E-state index in [9.17, 15) is 5.11 Å². The molecule has 3 rings (SSSR count). The quantitative estimate of drug-likeness (QED) is 0.851. The summed E-state index contributed by atoms with van der Waals surface area (Å²) in [4.78, 5) is 2.47. The molecule has 126 valence electrons. The summed E-state index contributed by atoms with van der Waals surface area (Å²) in [5.74, 6) is 6.50. The van der Waals surface area contributed by atoms with Gasteiger partial charge in [0.25, 0.3) is 0 Å². The fourth-order valence-corrected chi connectivity index (χ4v) is 3.47. The van der Waals surface area contributed by atoms with E-state index in [2.05, 4.69) is 41.9 Å². The highest BCUT2D eigenvalue weighted by molar-refractivity contribution is 5.83. The molecule has 1 aliphatic heterocycles. The Morgan fingerprint density at radius 2 is 1.79 bits per heavy atom. The van der Waals surface area contributed by atoms with Crippen molar-refractivity contribution >= 4 is 10.8 Å². The number of fused-ring (bicyclic) bond motifs is 1. The van der Waals surface area contributed by atoms with E-state index < -0.39 is 5.60 Å². The molecule has 2 nitrogen and oxygen atoms in total. The van der Waals surface area contributed by atoms with Crippen molar-refractivity contribution in [3.63, 3.8) is 0 Å². The second-order valence-electron chi connectivity index (χ2n) is 6.92. The van der Waals surface area contributed by atoms with Crippen LogP contribution in [0.25, 0.3) is 10.8 Å². The molecule has 2 heteroatoms. The fourth-order valence-electron chi connectivity index (χ4n) is 3.47. The predicted molar refractivity (Wildman–Crippen MR) is 101 cm³/mol. The Morgan fingerprint density at radius 3 is 2.50 bits per heavy atom. The summed E-state index contributed by atoms with van der Waals surface area (Å²) in [7, 11) is 0. The summed E-state index contributed by atoms with van der Waals surface area (Å²) >= 11 is 0. The summed E-state index contributed by atoms with van der Waals surface area (Å²) in [6, 6.07) is 14.6. The van der Waals surface area contributed by atoms with Gasteiger partial charge in [-0.2, -0.15) is 0 Å². The molecule has 0 spiro atoms. The van der Waals surface area contributed by atoms with Crippen molar-refractivity contribution in [1.82, 2.24) is 4.90 Å². The minimum absolute atomic E-state index is 0.247. The normalized spacial score (nSPS) is 19.3. The zero-order valence-electron chi connectivity index (χ0n) is 14.8. The summed E-state index contributed by atoms with van der Waals surface area (Å²) in [6.45, 7) is 6.24. The smallest absolute Gasteiger partial charge is 0.148 e. The van der Waals surface area contributed by atoms with Crippen LogP contribution in [0.2, 0.25) is 0 Å². The van der Waals surface area contributed by atoms with Crippen LogP contribution in [0.5, 0.6) is 0 Å². The van der Waals surface area contributed by atoms with Gasteiger partial charge in [0, 0.05) is 0 Å². The first kappa shape index (κ1) is 17.0. The summed E-state index contributed by atoms with van der Waals surface area (Å²) in [6.07, 6.45) is 4.86. The van der Waals surface area contributed by atoms with Gasteiger partial charge in [0.1, 0.15) is 5.60 Å². The molecular formula is C22H27NO. The van der Waals surface area contributed by atoms with Crippen molar-refractivity contribution < 1.29 is 5.11 Å². The van der Waals surface area contributed by atoms with Crippen molar-refractivity contribution in [2.75, 3.05) is 13.1 Å². The van der Waals surface area contributed by atoms with Crippen LogP contribution in [0.3, 0.4) is 0 Å². The van der Waals surface area contributed by atoms with E-state index in [-0.39, 0.29) is 6.04 Å². The molecule has 2 unspecified atom stereocenters. The van der Waals surface area contributed by atoms with E-state index in [0.717, 1.165) is 30.5 Å². The van der Waals surface area contributed by atoms with E-state index in [4.69, 9.17) is 0 Å². The Morgan fingerprint density at radius 1 is 1.08 bits per heavy atom. The standard InChI is InChI=1S/C22H27NO/c1-3-21(23-15-7-4-8-16-23)13-14-22(2,24)20-12-11-18-9-5-6-10-19(18)17-20/h5-6,9-12,17,21,24H,3-4,7-8,15-16H2,1-2H3. The number of nitrogens with zero attached hydrogens (tertiary/aromatic N) is 1. The first-order valence-electron chi connectivity index (χ1n) is 9.08. The molecule has 0 aromatic heterocycles. The maximum atomic E-state index is 10.9. The lowest BCUT2D eigenvalue weighted by Gasteiger charge is -2.31. The van der Waals surface area contributed by atoms with E-state index in [0.29, 0.717) is 0 Å². The Bertz CT molecular complexity index is 747. The number of piperidine rings is 1. The van der Waals surface area contributed by atoms with E-state index in [1.54, 1.807) is 6.92 Å². The summed E-state index contributed by atoms with van der Waals surface area (Å²) in [5, 5.41) is 13.2. The van der Waals surface area contributed by atoms with Gasteiger partial charge >= 0.3 is 0 Å². The van der Waals surface area contributed by atoms with Crippen LogP contribution in [-0.4, -0.2) is 29.1 Å². The summed E-state index contributed by atoms with van der Waals surface area (Å²) < 4.78 is 0. The molecule has 1 aliphatic rings. The zero-order chi connectivity index (χ0) is 17.0. The minimum Gasteiger partial charge on any atom is -0.374 e. The molecule has 1 N–H and O–H groups in total. The lowest BCUT2D eigenvalue weighted by molar-refractivity contribution is 0.121.